The Hall–Kier alpha value is -2.42. The Labute approximate surface area is 158 Å². The van der Waals surface area contributed by atoms with Crippen LogP contribution in [-0.4, -0.2) is 44.7 Å². The van der Waals surface area contributed by atoms with Gasteiger partial charge in [0, 0.05) is 12.1 Å². The maximum Gasteiger partial charge on any atom is 0.263 e. The minimum atomic E-state index is -3.64. The van der Waals surface area contributed by atoms with Gasteiger partial charge in [0.05, 0.1) is 4.90 Å². The highest BCUT2D eigenvalue weighted by Crippen LogP contribution is 2.28. The molecule has 3 rings (SSSR count). The zero-order chi connectivity index (χ0) is 19.5. The monoisotopic (exact) mass is 392 g/mol. The molecule has 0 unspecified atom stereocenters. The number of benzene rings is 1. The number of nitrogens with zero attached hydrogens (tertiary/aromatic N) is 1. The summed E-state index contributed by atoms with van der Waals surface area (Å²) in [5.74, 6) is -0.423. The quantitative estimate of drug-likeness (QED) is 0.683. The number of aliphatic imine (C=N–C) groups is 1. The van der Waals surface area contributed by atoms with Gasteiger partial charge in [-0.3, -0.25) is 19.3 Å². The second-order valence-electron chi connectivity index (χ2n) is 6.82. The van der Waals surface area contributed by atoms with E-state index in [9.17, 15) is 18.0 Å². The number of nitrogens with one attached hydrogen (secondary N) is 3. The maximum absolute atomic E-state index is 12.5. The van der Waals surface area contributed by atoms with Crippen LogP contribution in [0.15, 0.2) is 34.2 Å². The van der Waals surface area contributed by atoms with Gasteiger partial charge in [0.15, 0.2) is 0 Å². The van der Waals surface area contributed by atoms with Crippen LogP contribution in [0.3, 0.4) is 0 Å². The molecule has 0 saturated heterocycles. The van der Waals surface area contributed by atoms with Gasteiger partial charge in [-0.25, -0.2) is 8.42 Å². The third-order valence-electron chi connectivity index (χ3n) is 4.90. The first-order valence-electron chi connectivity index (χ1n) is 9.14. The molecule has 146 valence electrons. The summed E-state index contributed by atoms with van der Waals surface area (Å²) in [7, 11) is -3.64. The van der Waals surface area contributed by atoms with Crippen molar-refractivity contribution in [3.63, 3.8) is 0 Å². The Morgan fingerprint density at radius 2 is 1.89 bits per heavy atom. The van der Waals surface area contributed by atoms with Crippen molar-refractivity contribution in [2.45, 2.75) is 49.5 Å². The molecule has 1 aliphatic heterocycles. The van der Waals surface area contributed by atoms with Gasteiger partial charge in [0.2, 0.25) is 11.8 Å². The second kappa shape index (κ2) is 7.67. The molecule has 8 nitrogen and oxygen atoms in total. The number of amidine groups is 1. The van der Waals surface area contributed by atoms with E-state index >= 15 is 0 Å². The Morgan fingerprint density at radius 1 is 1.19 bits per heavy atom. The van der Waals surface area contributed by atoms with Crippen LogP contribution in [0.1, 0.15) is 44.6 Å². The van der Waals surface area contributed by atoms with Crippen LogP contribution in [0.2, 0.25) is 0 Å². The molecular weight excluding hydrogens is 368 g/mol. The van der Waals surface area contributed by atoms with E-state index in [1.807, 2.05) is 6.92 Å². The van der Waals surface area contributed by atoms with Crippen LogP contribution in [-0.2, 0) is 19.6 Å². The standard InChI is InChI=1S/C18H24N4O4S/c1-2-19-17(24)18(10-6-3-7-11-18)21-15(23)12-20-16-13-8-4-5-9-14(13)27(25,26)22-16/h4-5,8-9H,2-3,6-7,10-12H2,1H3,(H,19,24)(H,20,22)(H,21,23). The van der Waals surface area contributed by atoms with Crippen molar-refractivity contribution in [2.24, 2.45) is 4.99 Å². The third-order valence-corrected chi connectivity index (χ3v) is 6.30. The van der Waals surface area contributed by atoms with Gasteiger partial charge in [-0.05, 0) is 31.9 Å². The van der Waals surface area contributed by atoms with E-state index in [-0.39, 0.29) is 23.2 Å². The van der Waals surface area contributed by atoms with E-state index in [0.29, 0.717) is 24.9 Å². The summed E-state index contributed by atoms with van der Waals surface area (Å²) in [5.41, 5.74) is -0.458. The minimum Gasteiger partial charge on any atom is -0.354 e. The molecule has 0 atom stereocenters. The molecule has 0 aromatic heterocycles. The highest BCUT2D eigenvalue weighted by atomic mass is 32.2. The first-order chi connectivity index (χ1) is 12.9. The highest BCUT2D eigenvalue weighted by Gasteiger charge is 2.40. The summed E-state index contributed by atoms with van der Waals surface area (Å²) >= 11 is 0. The lowest BCUT2D eigenvalue weighted by atomic mass is 9.80. The van der Waals surface area contributed by atoms with Crippen LogP contribution in [0.5, 0.6) is 0 Å². The van der Waals surface area contributed by atoms with E-state index in [2.05, 4.69) is 20.3 Å². The lowest BCUT2D eigenvalue weighted by Crippen LogP contribution is -2.60. The van der Waals surface area contributed by atoms with Gasteiger partial charge < -0.3 is 10.6 Å². The van der Waals surface area contributed by atoms with Crippen molar-refractivity contribution in [3.05, 3.63) is 29.8 Å². The smallest absolute Gasteiger partial charge is 0.263 e. The van der Waals surface area contributed by atoms with Crippen molar-refractivity contribution in [3.8, 4) is 0 Å². The molecule has 2 amide bonds. The molecule has 1 aromatic rings. The Balaban J connectivity index is 1.74. The molecule has 1 aliphatic carbocycles. The van der Waals surface area contributed by atoms with Crippen LogP contribution in [0.4, 0.5) is 0 Å². The molecule has 0 radical (unpaired) electrons. The number of carbonyl (C=O) groups excluding carboxylic acids is 2. The Morgan fingerprint density at radius 3 is 2.59 bits per heavy atom. The van der Waals surface area contributed by atoms with Gasteiger partial charge in [0.1, 0.15) is 17.9 Å². The van der Waals surface area contributed by atoms with Crippen molar-refractivity contribution in [1.29, 1.82) is 0 Å². The fraction of sp³-hybridized carbons (Fsp3) is 0.500. The molecule has 9 heteroatoms. The summed E-state index contributed by atoms with van der Waals surface area (Å²) in [5, 5.41) is 5.65. The summed E-state index contributed by atoms with van der Waals surface area (Å²) in [4.78, 5) is 29.3. The van der Waals surface area contributed by atoms with Crippen molar-refractivity contribution in [2.75, 3.05) is 13.1 Å². The number of hydrogen-bond acceptors (Lipinski definition) is 5. The lowest BCUT2D eigenvalue weighted by Gasteiger charge is -2.36. The average Bonchev–Trinajstić information content (AvgIpc) is 2.92. The van der Waals surface area contributed by atoms with Gasteiger partial charge in [-0.15, -0.1) is 0 Å². The zero-order valence-corrected chi connectivity index (χ0v) is 16.1. The predicted octanol–water partition coefficient (Wildman–Crippen LogP) is 0.680. The number of carbonyl (C=O) groups is 2. The van der Waals surface area contributed by atoms with Crippen molar-refractivity contribution in [1.82, 2.24) is 15.4 Å². The zero-order valence-electron chi connectivity index (χ0n) is 15.2. The number of fused-ring (bicyclic) bond motifs is 1. The first kappa shape index (κ1) is 19.3. The maximum atomic E-state index is 12.5. The van der Waals surface area contributed by atoms with E-state index in [1.54, 1.807) is 18.2 Å². The number of sulfonamides is 1. The Kier molecular flexibility index (Phi) is 5.50. The first-order valence-corrected chi connectivity index (χ1v) is 10.6. The van der Waals surface area contributed by atoms with Gasteiger partial charge in [-0.2, -0.15) is 0 Å². The van der Waals surface area contributed by atoms with Crippen molar-refractivity contribution < 1.29 is 18.0 Å². The fourth-order valence-corrected chi connectivity index (χ4v) is 4.85. The normalized spacial score (nSPS) is 21.1. The summed E-state index contributed by atoms with van der Waals surface area (Å²) in [6.45, 7) is 2.08. The van der Waals surface area contributed by atoms with Crippen molar-refractivity contribution >= 4 is 27.7 Å². The molecule has 1 saturated carbocycles. The minimum absolute atomic E-state index is 0.148. The van der Waals surface area contributed by atoms with Crippen LogP contribution < -0.4 is 15.4 Å². The summed E-state index contributed by atoms with van der Waals surface area (Å²) < 4.78 is 26.6. The molecule has 2 aliphatic rings. The molecule has 1 heterocycles. The number of rotatable bonds is 5. The summed E-state index contributed by atoms with van der Waals surface area (Å²) in [6, 6.07) is 6.48. The van der Waals surface area contributed by atoms with Crippen LogP contribution >= 0.6 is 0 Å². The molecule has 1 fully saturated rings. The molecular formula is C18H24N4O4S. The van der Waals surface area contributed by atoms with E-state index in [1.165, 1.54) is 6.07 Å². The Bertz CT molecular complexity index is 873. The van der Waals surface area contributed by atoms with Gasteiger partial charge in [-0.1, -0.05) is 31.4 Å². The lowest BCUT2D eigenvalue weighted by molar-refractivity contribution is -0.134. The van der Waals surface area contributed by atoms with E-state index in [0.717, 1.165) is 19.3 Å². The molecule has 27 heavy (non-hydrogen) atoms. The third kappa shape index (κ3) is 3.97. The highest BCUT2D eigenvalue weighted by molar-refractivity contribution is 7.90. The predicted molar refractivity (Wildman–Crippen MR) is 101 cm³/mol. The summed E-state index contributed by atoms with van der Waals surface area (Å²) in [6.07, 6.45) is 3.98. The average molecular weight is 392 g/mol. The molecule has 3 N–H and O–H groups in total. The molecule has 0 bridgehead atoms. The fourth-order valence-electron chi connectivity index (χ4n) is 3.60. The molecule has 0 spiro atoms. The number of hydrogen-bond donors (Lipinski definition) is 3. The largest absolute Gasteiger partial charge is 0.354 e. The van der Waals surface area contributed by atoms with E-state index in [4.69, 9.17) is 0 Å². The second-order valence-corrected chi connectivity index (χ2v) is 8.47. The van der Waals surface area contributed by atoms with Gasteiger partial charge in [0.25, 0.3) is 10.0 Å². The van der Waals surface area contributed by atoms with Crippen LogP contribution in [0, 0.1) is 0 Å². The molecule has 1 aromatic carbocycles. The SMILES string of the molecule is CCNC(=O)C1(NC(=O)CN=C2NS(=O)(=O)c3ccccc32)CCCCC1. The number of likely N-dealkylation sites (N-methyl/N-ethyl adjacent to an activating group) is 1. The topological polar surface area (TPSA) is 117 Å². The van der Waals surface area contributed by atoms with E-state index < -0.39 is 21.5 Å². The van der Waals surface area contributed by atoms with Crippen LogP contribution in [0.25, 0.3) is 0 Å². The van der Waals surface area contributed by atoms with Gasteiger partial charge >= 0.3 is 0 Å². The number of amides is 2.